The summed E-state index contributed by atoms with van der Waals surface area (Å²) in [5.41, 5.74) is 0.334. The highest BCUT2D eigenvalue weighted by Gasteiger charge is 2.45. The van der Waals surface area contributed by atoms with Crippen molar-refractivity contribution >= 4 is 5.91 Å². The highest BCUT2D eigenvalue weighted by atomic mass is 19.1. The van der Waals surface area contributed by atoms with Gasteiger partial charge >= 0.3 is 0 Å². The van der Waals surface area contributed by atoms with Gasteiger partial charge in [0.2, 0.25) is 5.91 Å². The van der Waals surface area contributed by atoms with E-state index in [9.17, 15) is 13.6 Å². The molecular formula is C13H14F2N2O. The monoisotopic (exact) mass is 252 g/mol. The van der Waals surface area contributed by atoms with E-state index in [0.29, 0.717) is 5.56 Å². The Morgan fingerprint density at radius 3 is 2.67 bits per heavy atom. The molecule has 5 heteroatoms. The normalized spacial score (nSPS) is 27.9. The van der Waals surface area contributed by atoms with Crippen LogP contribution in [0.3, 0.4) is 0 Å². The van der Waals surface area contributed by atoms with Gasteiger partial charge in [-0.05, 0) is 31.9 Å². The van der Waals surface area contributed by atoms with Crippen LogP contribution in [0.5, 0.6) is 0 Å². The molecular weight excluding hydrogens is 238 g/mol. The van der Waals surface area contributed by atoms with Gasteiger partial charge in [0.05, 0.1) is 6.04 Å². The highest BCUT2D eigenvalue weighted by molar-refractivity contribution is 5.84. The van der Waals surface area contributed by atoms with Crippen LogP contribution in [0.2, 0.25) is 0 Å². The second-order valence-corrected chi connectivity index (χ2v) is 4.93. The minimum absolute atomic E-state index is 0.00812. The highest BCUT2D eigenvalue weighted by Crippen LogP contribution is 2.37. The summed E-state index contributed by atoms with van der Waals surface area (Å²) < 4.78 is 26.7. The average molecular weight is 252 g/mol. The van der Waals surface area contributed by atoms with Crippen molar-refractivity contribution in [3.8, 4) is 0 Å². The third kappa shape index (κ3) is 1.79. The number of carbonyl (C=O) groups excluding carboxylic acids is 1. The number of rotatable bonds is 2. The third-order valence-corrected chi connectivity index (χ3v) is 3.51. The maximum Gasteiger partial charge on any atom is 0.241 e. The van der Waals surface area contributed by atoms with E-state index in [0.717, 1.165) is 18.9 Å². The number of amides is 1. The van der Waals surface area contributed by atoms with Crippen molar-refractivity contribution in [2.75, 3.05) is 0 Å². The van der Waals surface area contributed by atoms with Gasteiger partial charge in [-0.25, -0.2) is 8.78 Å². The zero-order chi connectivity index (χ0) is 12.9. The van der Waals surface area contributed by atoms with Gasteiger partial charge < -0.3 is 4.90 Å². The maximum atomic E-state index is 13.8. The summed E-state index contributed by atoms with van der Waals surface area (Å²) in [6, 6.07) is 3.36. The lowest BCUT2D eigenvalue weighted by molar-refractivity contribution is -0.130. The first-order chi connectivity index (χ1) is 8.58. The number of benzene rings is 1. The summed E-state index contributed by atoms with van der Waals surface area (Å²) >= 11 is 0. The number of halogens is 2. The van der Waals surface area contributed by atoms with Crippen molar-refractivity contribution in [2.45, 2.75) is 38.0 Å². The van der Waals surface area contributed by atoms with Crippen molar-refractivity contribution < 1.29 is 13.6 Å². The molecule has 2 fully saturated rings. The first-order valence-electron chi connectivity index (χ1n) is 6.11. The van der Waals surface area contributed by atoms with Crippen molar-refractivity contribution in [1.82, 2.24) is 10.2 Å². The Morgan fingerprint density at radius 2 is 2.06 bits per heavy atom. The molecule has 2 atom stereocenters. The van der Waals surface area contributed by atoms with Crippen molar-refractivity contribution in [2.24, 2.45) is 0 Å². The molecule has 1 aliphatic heterocycles. The molecule has 1 aliphatic carbocycles. The summed E-state index contributed by atoms with van der Waals surface area (Å²) in [7, 11) is 0. The molecule has 1 saturated heterocycles. The molecule has 18 heavy (non-hydrogen) atoms. The third-order valence-electron chi connectivity index (χ3n) is 3.51. The first kappa shape index (κ1) is 11.6. The Bertz CT molecular complexity index is 502. The van der Waals surface area contributed by atoms with Crippen LogP contribution in [0.4, 0.5) is 8.78 Å². The summed E-state index contributed by atoms with van der Waals surface area (Å²) in [6.07, 6.45) is 1.44. The van der Waals surface area contributed by atoms with E-state index >= 15 is 0 Å². The van der Waals surface area contributed by atoms with E-state index < -0.39 is 17.8 Å². The first-order valence-corrected chi connectivity index (χ1v) is 6.11. The van der Waals surface area contributed by atoms with E-state index in [1.54, 1.807) is 11.8 Å². The fraction of sp³-hybridized carbons (Fsp3) is 0.462. The molecule has 1 saturated carbocycles. The van der Waals surface area contributed by atoms with E-state index in [4.69, 9.17) is 0 Å². The van der Waals surface area contributed by atoms with Gasteiger partial charge in [0.1, 0.15) is 17.8 Å². The van der Waals surface area contributed by atoms with E-state index in [-0.39, 0.29) is 18.0 Å². The topological polar surface area (TPSA) is 32.3 Å². The number of nitrogens with zero attached hydrogens (tertiary/aromatic N) is 1. The molecule has 3 nitrogen and oxygen atoms in total. The SMILES string of the molecule is CC1NC(c2ccc(F)cc2F)N(C2CC2)C1=O. The summed E-state index contributed by atoms with van der Waals surface area (Å²) in [5.74, 6) is -1.22. The number of hydrogen-bond donors (Lipinski definition) is 1. The molecule has 1 aromatic rings. The largest absolute Gasteiger partial charge is 0.318 e. The molecule has 0 radical (unpaired) electrons. The molecule has 1 aromatic carbocycles. The summed E-state index contributed by atoms with van der Waals surface area (Å²) in [4.78, 5) is 13.7. The van der Waals surface area contributed by atoms with E-state index in [2.05, 4.69) is 5.32 Å². The molecule has 3 rings (SSSR count). The Hall–Kier alpha value is -1.49. The van der Waals surface area contributed by atoms with Gasteiger partial charge in [-0.2, -0.15) is 0 Å². The molecule has 2 aliphatic rings. The Balaban J connectivity index is 1.97. The molecule has 1 heterocycles. The van der Waals surface area contributed by atoms with Gasteiger partial charge in [0, 0.05) is 17.7 Å². The molecule has 2 unspecified atom stereocenters. The molecule has 0 aromatic heterocycles. The van der Waals surface area contributed by atoms with E-state index in [1.807, 2.05) is 0 Å². The predicted octanol–water partition coefficient (Wildman–Crippen LogP) is 1.95. The molecule has 1 amide bonds. The molecule has 96 valence electrons. The van der Waals surface area contributed by atoms with Crippen LogP contribution in [0, 0.1) is 11.6 Å². The number of nitrogens with one attached hydrogen (secondary N) is 1. The number of hydrogen-bond acceptors (Lipinski definition) is 2. The average Bonchev–Trinajstić information content (AvgIpc) is 3.08. The maximum absolute atomic E-state index is 13.8. The van der Waals surface area contributed by atoms with Crippen LogP contribution in [-0.2, 0) is 4.79 Å². The fourth-order valence-corrected chi connectivity index (χ4v) is 2.45. The van der Waals surface area contributed by atoms with Crippen LogP contribution in [0.1, 0.15) is 31.5 Å². The molecule has 0 spiro atoms. The standard InChI is InChI=1S/C13H14F2N2O/c1-7-13(18)17(9-3-4-9)12(16-7)10-5-2-8(14)6-11(10)15/h2,5-7,9,12,16H,3-4H2,1H3. The van der Waals surface area contributed by atoms with Gasteiger partial charge in [-0.1, -0.05) is 0 Å². The lowest BCUT2D eigenvalue weighted by Gasteiger charge is -2.24. The van der Waals surface area contributed by atoms with Crippen LogP contribution in [-0.4, -0.2) is 22.9 Å². The number of carbonyl (C=O) groups is 1. The van der Waals surface area contributed by atoms with Crippen LogP contribution < -0.4 is 5.32 Å². The van der Waals surface area contributed by atoms with Crippen LogP contribution in [0.15, 0.2) is 18.2 Å². The second-order valence-electron chi connectivity index (χ2n) is 4.93. The minimum atomic E-state index is -0.611. The lowest BCUT2D eigenvalue weighted by Crippen LogP contribution is -2.33. The van der Waals surface area contributed by atoms with Crippen molar-refractivity contribution in [3.63, 3.8) is 0 Å². The lowest BCUT2D eigenvalue weighted by atomic mass is 10.1. The van der Waals surface area contributed by atoms with Gasteiger partial charge in [-0.3, -0.25) is 10.1 Å². The van der Waals surface area contributed by atoms with Gasteiger partial charge in [-0.15, -0.1) is 0 Å². The fourth-order valence-electron chi connectivity index (χ4n) is 2.45. The van der Waals surface area contributed by atoms with Gasteiger partial charge in [0.15, 0.2) is 0 Å². The van der Waals surface area contributed by atoms with Crippen molar-refractivity contribution in [1.29, 1.82) is 0 Å². The molecule has 1 N–H and O–H groups in total. The molecule has 0 bridgehead atoms. The Kier molecular flexibility index (Phi) is 2.59. The van der Waals surface area contributed by atoms with Crippen LogP contribution in [0.25, 0.3) is 0 Å². The minimum Gasteiger partial charge on any atom is -0.318 e. The zero-order valence-electron chi connectivity index (χ0n) is 9.99. The predicted molar refractivity (Wildman–Crippen MR) is 61.6 cm³/mol. The van der Waals surface area contributed by atoms with Gasteiger partial charge in [0.25, 0.3) is 0 Å². The van der Waals surface area contributed by atoms with E-state index in [1.165, 1.54) is 12.1 Å². The quantitative estimate of drug-likeness (QED) is 0.872. The summed E-state index contributed by atoms with van der Waals surface area (Å²) in [5, 5.41) is 3.07. The van der Waals surface area contributed by atoms with Crippen LogP contribution >= 0.6 is 0 Å². The Labute approximate surface area is 104 Å². The second kappa shape index (κ2) is 4.02. The summed E-state index contributed by atoms with van der Waals surface area (Å²) in [6.45, 7) is 1.76. The smallest absolute Gasteiger partial charge is 0.241 e. The van der Waals surface area contributed by atoms with Crippen molar-refractivity contribution in [3.05, 3.63) is 35.4 Å². The zero-order valence-corrected chi connectivity index (χ0v) is 9.99. The Morgan fingerprint density at radius 1 is 1.33 bits per heavy atom.